The molecule has 0 aromatic carbocycles. The van der Waals surface area contributed by atoms with E-state index in [2.05, 4.69) is 11.7 Å². The van der Waals surface area contributed by atoms with E-state index in [9.17, 15) is 0 Å². The van der Waals surface area contributed by atoms with Crippen LogP contribution in [0, 0.1) is 11.7 Å². The van der Waals surface area contributed by atoms with Gasteiger partial charge >= 0.3 is 7.12 Å². The fourth-order valence-corrected chi connectivity index (χ4v) is 1.09. The van der Waals surface area contributed by atoms with Gasteiger partial charge in [-0.05, 0) is 27.7 Å². The molecule has 1 rings (SSSR count). The molecular weight excluding hydrogens is 163 g/mol. The van der Waals surface area contributed by atoms with Crippen molar-refractivity contribution in [3.05, 3.63) is 0 Å². The van der Waals surface area contributed by atoms with E-state index in [-0.39, 0.29) is 18.3 Å². The third-order valence-electron chi connectivity index (χ3n) is 2.65. The van der Waals surface area contributed by atoms with Gasteiger partial charge in [0.25, 0.3) is 0 Å². The normalized spacial score (nSPS) is 23.9. The zero-order valence-corrected chi connectivity index (χ0v) is 9.10. The van der Waals surface area contributed by atoms with Gasteiger partial charge in [-0.3, -0.25) is 0 Å². The molecular formula is C10H17BO2. The molecule has 0 aromatic rings. The molecule has 0 amide bonds. The third-order valence-corrected chi connectivity index (χ3v) is 2.65. The second-order valence-corrected chi connectivity index (χ2v) is 4.26. The van der Waals surface area contributed by atoms with E-state index in [1.807, 2.05) is 34.6 Å². The molecule has 72 valence electrons. The summed E-state index contributed by atoms with van der Waals surface area (Å²) in [5.74, 6) is 5.91. The molecule has 0 aliphatic carbocycles. The lowest BCUT2D eigenvalue weighted by atomic mass is 9.90. The maximum absolute atomic E-state index is 5.67. The summed E-state index contributed by atoms with van der Waals surface area (Å²) in [5.41, 5.74) is -0.528. The molecule has 0 saturated carbocycles. The first-order valence-corrected chi connectivity index (χ1v) is 4.73. The van der Waals surface area contributed by atoms with Gasteiger partial charge in [0, 0.05) is 6.42 Å². The van der Waals surface area contributed by atoms with Gasteiger partial charge in [-0.2, -0.15) is 0 Å². The number of hydrogen-bond acceptors (Lipinski definition) is 2. The fraction of sp³-hybridized carbons (Fsp3) is 0.800. The molecule has 0 spiro atoms. The molecule has 3 heteroatoms. The molecule has 0 N–H and O–H groups in total. The summed E-state index contributed by atoms with van der Waals surface area (Å²) in [6.45, 7) is 10.1. The summed E-state index contributed by atoms with van der Waals surface area (Å²) in [6.07, 6.45) is 0.837. The van der Waals surface area contributed by atoms with Gasteiger partial charge in [-0.1, -0.05) is 12.7 Å². The average Bonchev–Trinajstić information content (AvgIpc) is 2.17. The lowest BCUT2D eigenvalue weighted by Gasteiger charge is -2.32. The van der Waals surface area contributed by atoms with Crippen molar-refractivity contribution in [2.45, 2.75) is 52.2 Å². The second-order valence-electron chi connectivity index (χ2n) is 4.26. The van der Waals surface area contributed by atoms with Crippen molar-refractivity contribution >= 4 is 7.12 Å². The molecule has 0 aromatic heterocycles. The minimum absolute atomic E-state index is 0.264. The maximum Gasteiger partial charge on any atom is 0.551 e. The fourth-order valence-electron chi connectivity index (χ4n) is 1.09. The number of rotatable bonds is 0. The van der Waals surface area contributed by atoms with Crippen molar-refractivity contribution in [3.8, 4) is 11.7 Å². The molecule has 1 fully saturated rings. The van der Waals surface area contributed by atoms with Crippen LogP contribution in [0.4, 0.5) is 0 Å². The van der Waals surface area contributed by atoms with E-state index in [0.29, 0.717) is 0 Å². The summed E-state index contributed by atoms with van der Waals surface area (Å²) >= 11 is 0. The van der Waals surface area contributed by atoms with Crippen molar-refractivity contribution in [1.82, 2.24) is 0 Å². The Morgan fingerprint density at radius 2 is 1.54 bits per heavy atom. The Labute approximate surface area is 81.1 Å². The second kappa shape index (κ2) is 3.36. The van der Waals surface area contributed by atoms with Crippen LogP contribution in [-0.4, -0.2) is 18.3 Å². The lowest BCUT2D eigenvalue weighted by Crippen LogP contribution is -2.41. The minimum atomic E-state index is -0.357. The highest BCUT2D eigenvalue weighted by molar-refractivity contribution is 6.55. The van der Waals surface area contributed by atoms with Gasteiger partial charge in [0.1, 0.15) is 0 Å². The first-order chi connectivity index (χ1) is 5.89. The van der Waals surface area contributed by atoms with Crippen LogP contribution in [0.25, 0.3) is 0 Å². The van der Waals surface area contributed by atoms with Gasteiger partial charge in [-0.15, -0.1) is 5.92 Å². The highest BCUT2D eigenvalue weighted by Gasteiger charge is 2.50. The molecule has 13 heavy (non-hydrogen) atoms. The largest absolute Gasteiger partial charge is 0.551 e. The van der Waals surface area contributed by atoms with Crippen molar-refractivity contribution in [3.63, 3.8) is 0 Å². The Hall–Kier alpha value is -0.455. The van der Waals surface area contributed by atoms with E-state index >= 15 is 0 Å². The maximum atomic E-state index is 5.67. The summed E-state index contributed by atoms with van der Waals surface area (Å²) < 4.78 is 11.3. The highest BCUT2D eigenvalue weighted by atomic mass is 16.7. The van der Waals surface area contributed by atoms with Crippen molar-refractivity contribution in [2.24, 2.45) is 0 Å². The monoisotopic (exact) mass is 180 g/mol. The average molecular weight is 180 g/mol. The van der Waals surface area contributed by atoms with Crippen LogP contribution < -0.4 is 0 Å². The van der Waals surface area contributed by atoms with Crippen molar-refractivity contribution in [1.29, 1.82) is 0 Å². The van der Waals surface area contributed by atoms with Gasteiger partial charge in [0.2, 0.25) is 0 Å². The van der Waals surface area contributed by atoms with Crippen LogP contribution in [0.1, 0.15) is 41.0 Å². The highest BCUT2D eigenvalue weighted by Crippen LogP contribution is 2.36. The molecule has 2 nitrogen and oxygen atoms in total. The topological polar surface area (TPSA) is 18.5 Å². The number of hydrogen-bond donors (Lipinski definition) is 0. The van der Waals surface area contributed by atoms with E-state index < -0.39 is 0 Å². The first kappa shape index (κ1) is 10.6. The SMILES string of the molecule is CCC#CB1OC(C)(C)C(C)(C)O1. The van der Waals surface area contributed by atoms with Crippen molar-refractivity contribution in [2.75, 3.05) is 0 Å². The lowest BCUT2D eigenvalue weighted by molar-refractivity contribution is 0.00578. The van der Waals surface area contributed by atoms with Gasteiger partial charge in [0.05, 0.1) is 11.2 Å². The Kier molecular flexibility index (Phi) is 2.75. The van der Waals surface area contributed by atoms with E-state index in [1.54, 1.807) is 0 Å². The summed E-state index contributed by atoms with van der Waals surface area (Å²) in [5, 5.41) is 0. The molecule has 0 unspecified atom stereocenters. The van der Waals surface area contributed by atoms with Crippen LogP contribution in [0.5, 0.6) is 0 Å². The van der Waals surface area contributed by atoms with Crippen LogP contribution in [0.2, 0.25) is 0 Å². The summed E-state index contributed by atoms with van der Waals surface area (Å²) in [4.78, 5) is 0. The smallest absolute Gasteiger partial charge is 0.392 e. The van der Waals surface area contributed by atoms with Gasteiger partial charge in [0.15, 0.2) is 0 Å². The van der Waals surface area contributed by atoms with Crippen LogP contribution in [0.15, 0.2) is 0 Å². The summed E-state index contributed by atoms with van der Waals surface area (Å²) in [7, 11) is -0.357. The zero-order valence-electron chi connectivity index (χ0n) is 9.10. The Morgan fingerprint density at radius 3 is 1.92 bits per heavy atom. The molecule has 0 radical (unpaired) electrons. The molecule has 1 aliphatic rings. The Balaban J connectivity index is 2.71. The zero-order chi connectivity index (χ0) is 10.1. The van der Waals surface area contributed by atoms with Gasteiger partial charge < -0.3 is 9.31 Å². The Morgan fingerprint density at radius 1 is 1.08 bits per heavy atom. The molecule has 0 bridgehead atoms. The van der Waals surface area contributed by atoms with Crippen LogP contribution >= 0.6 is 0 Å². The standard InChI is InChI=1S/C10H17BO2/c1-6-7-8-11-12-9(2,3)10(4,5)13-11/h6H2,1-5H3. The predicted octanol–water partition coefficient (Wildman–Crippen LogP) is 2.03. The summed E-state index contributed by atoms with van der Waals surface area (Å²) in [6, 6.07) is 0. The van der Waals surface area contributed by atoms with Gasteiger partial charge in [-0.25, -0.2) is 0 Å². The quantitative estimate of drug-likeness (QED) is 0.419. The van der Waals surface area contributed by atoms with E-state index in [4.69, 9.17) is 9.31 Å². The first-order valence-electron chi connectivity index (χ1n) is 4.73. The van der Waals surface area contributed by atoms with Crippen molar-refractivity contribution < 1.29 is 9.31 Å². The Bertz CT molecular complexity index is 231. The predicted molar refractivity (Wildman–Crippen MR) is 54.1 cm³/mol. The molecule has 1 heterocycles. The molecule has 1 saturated heterocycles. The van der Waals surface area contributed by atoms with Crippen LogP contribution in [0.3, 0.4) is 0 Å². The van der Waals surface area contributed by atoms with E-state index in [1.165, 1.54) is 0 Å². The molecule has 0 atom stereocenters. The van der Waals surface area contributed by atoms with Crippen LogP contribution in [-0.2, 0) is 9.31 Å². The third kappa shape index (κ3) is 2.07. The minimum Gasteiger partial charge on any atom is -0.392 e. The molecule has 1 aliphatic heterocycles. The van der Waals surface area contributed by atoms with E-state index in [0.717, 1.165) is 6.42 Å².